The molecule has 0 aliphatic carbocycles. The molecule has 0 saturated heterocycles. The Hall–Kier alpha value is -2.38. The second kappa shape index (κ2) is 6.02. The average molecular weight is 346 g/mol. The molecule has 3 rings (SSSR count). The van der Waals surface area contributed by atoms with Crippen molar-refractivity contribution in [2.24, 2.45) is 0 Å². The smallest absolute Gasteiger partial charge is 0.350 e. The molecule has 3 aromatic rings. The minimum atomic E-state index is -0.464. The molecular weight excluding hydrogens is 332 g/mol. The topological polar surface area (TPSA) is 95.4 Å². The normalized spacial score (nSPS) is 10.8. The summed E-state index contributed by atoms with van der Waals surface area (Å²) in [6, 6.07) is 8.92. The number of nitrogens with two attached hydrogens (primary N) is 2. The average Bonchev–Trinajstić information content (AvgIpc) is 3.05. The van der Waals surface area contributed by atoms with Crippen LogP contribution in [-0.2, 0) is 4.74 Å². The number of ketones is 1. The number of thiophene rings is 2. The van der Waals surface area contributed by atoms with Gasteiger partial charge in [0.1, 0.15) is 9.75 Å². The fraction of sp³-hybridized carbons (Fsp3) is 0.125. The summed E-state index contributed by atoms with van der Waals surface area (Å²) in [6.45, 7) is 2.01. The summed E-state index contributed by atoms with van der Waals surface area (Å²) in [4.78, 5) is 25.2. The van der Waals surface area contributed by atoms with Crippen LogP contribution in [0.5, 0.6) is 0 Å². The van der Waals surface area contributed by atoms with Crippen molar-refractivity contribution >= 4 is 55.2 Å². The summed E-state index contributed by atoms with van der Waals surface area (Å²) in [5.74, 6) is -0.609. The Morgan fingerprint density at radius 2 is 1.65 bits per heavy atom. The van der Waals surface area contributed by atoms with Crippen LogP contribution in [0.1, 0.15) is 31.8 Å². The van der Waals surface area contributed by atoms with Crippen LogP contribution in [0.25, 0.3) is 9.40 Å². The van der Waals surface area contributed by atoms with Crippen molar-refractivity contribution in [1.29, 1.82) is 0 Å². The Morgan fingerprint density at radius 3 is 2.26 bits per heavy atom. The van der Waals surface area contributed by atoms with E-state index >= 15 is 0 Å². The van der Waals surface area contributed by atoms with Gasteiger partial charge in [0.05, 0.1) is 27.4 Å². The molecule has 0 unspecified atom stereocenters. The van der Waals surface area contributed by atoms with E-state index in [1.54, 1.807) is 31.2 Å². The van der Waals surface area contributed by atoms with Crippen molar-refractivity contribution in [3.05, 3.63) is 45.6 Å². The number of benzene rings is 1. The van der Waals surface area contributed by atoms with E-state index in [0.717, 1.165) is 4.01 Å². The molecule has 118 valence electrons. The molecule has 23 heavy (non-hydrogen) atoms. The zero-order chi connectivity index (χ0) is 16.6. The Labute approximate surface area is 140 Å². The number of nitrogen functional groups attached to an aromatic ring is 2. The number of esters is 1. The van der Waals surface area contributed by atoms with Gasteiger partial charge in [-0.25, -0.2) is 4.79 Å². The molecule has 1 aromatic carbocycles. The number of hydrogen-bond acceptors (Lipinski definition) is 7. The lowest BCUT2D eigenvalue weighted by atomic mass is 10.1. The first-order valence-electron chi connectivity index (χ1n) is 6.91. The molecular formula is C16H14N2O3S2. The Bertz CT molecular complexity index is 897. The summed E-state index contributed by atoms with van der Waals surface area (Å²) < 4.78 is 5.74. The van der Waals surface area contributed by atoms with Gasteiger partial charge in [-0.05, 0) is 6.92 Å². The molecule has 0 aliphatic heterocycles. The maximum atomic E-state index is 12.6. The molecule has 0 spiro atoms. The summed E-state index contributed by atoms with van der Waals surface area (Å²) in [5, 5.41) is 0.572. The van der Waals surface area contributed by atoms with Gasteiger partial charge in [-0.3, -0.25) is 4.79 Å². The number of anilines is 2. The Balaban J connectivity index is 2.07. The minimum Gasteiger partial charge on any atom is -0.462 e. The maximum Gasteiger partial charge on any atom is 0.350 e. The SMILES string of the molecule is CCOC(=O)c1sc2sc(C(=O)c3ccccc3)c(N)c2c1N. The summed E-state index contributed by atoms with van der Waals surface area (Å²) in [7, 11) is 0. The summed E-state index contributed by atoms with van der Waals surface area (Å²) in [6.07, 6.45) is 0. The monoisotopic (exact) mass is 346 g/mol. The van der Waals surface area contributed by atoms with Gasteiger partial charge < -0.3 is 16.2 Å². The van der Waals surface area contributed by atoms with Crippen molar-refractivity contribution in [2.45, 2.75) is 6.92 Å². The predicted octanol–water partition coefficient (Wildman–Crippen LogP) is 3.53. The highest BCUT2D eigenvalue weighted by atomic mass is 32.2. The third-order valence-electron chi connectivity index (χ3n) is 3.32. The van der Waals surface area contributed by atoms with Crippen LogP contribution in [0.4, 0.5) is 11.4 Å². The number of fused-ring (bicyclic) bond motifs is 1. The van der Waals surface area contributed by atoms with Crippen molar-refractivity contribution in [1.82, 2.24) is 0 Å². The third kappa shape index (κ3) is 2.58. The molecule has 4 N–H and O–H groups in total. The van der Waals surface area contributed by atoms with Gasteiger partial charge in [-0.1, -0.05) is 30.3 Å². The van der Waals surface area contributed by atoms with Crippen molar-refractivity contribution in [2.75, 3.05) is 18.1 Å². The minimum absolute atomic E-state index is 0.145. The van der Waals surface area contributed by atoms with Crippen LogP contribution in [0.2, 0.25) is 0 Å². The molecule has 0 radical (unpaired) electrons. The third-order valence-corrected chi connectivity index (χ3v) is 5.80. The standard InChI is InChI=1S/C16H14N2O3S2/c1-2-21-15(20)14-11(18)9-10(17)13(22-16(9)23-14)12(19)8-6-4-3-5-7-8/h3-7H,2,17-18H2,1H3. The molecule has 2 aromatic heterocycles. The van der Waals surface area contributed by atoms with Crippen LogP contribution in [0.3, 0.4) is 0 Å². The van der Waals surface area contributed by atoms with E-state index in [1.807, 2.05) is 6.07 Å². The number of carbonyl (C=O) groups excluding carboxylic acids is 2. The summed E-state index contributed by atoms with van der Waals surface area (Å²) >= 11 is 2.46. The van der Waals surface area contributed by atoms with E-state index in [0.29, 0.717) is 26.4 Å². The second-order valence-electron chi connectivity index (χ2n) is 4.77. The highest BCUT2D eigenvalue weighted by Gasteiger charge is 2.25. The van der Waals surface area contributed by atoms with E-state index < -0.39 is 5.97 Å². The van der Waals surface area contributed by atoms with Gasteiger partial charge in [-0.15, -0.1) is 22.7 Å². The number of carbonyl (C=O) groups is 2. The van der Waals surface area contributed by atoms with Gasteiger partial charge in [0, 0.05) is 5.56 Å². The molecule has 5 nitrogen and oxygen atoms in total. The van der Waals surface area contributed by atoms with E-state index in [2.05, 4.69) is 0 Å². The molecule has 0 aliphatic rings. The molecule has 0 saturated carbocycles. The molecule has 7 heteroatoms. The highest BCUT2D eigenvalue weighted by Crippen LogP contribution is 2.45. The molecule has 2 heterocycles. The zero-order valence-corrected chi connectivity index (χ0v) is 13.9. The molecule has 0 fully saturated rings. The number of hydrogen-bond donors (Lipinski definition) is 2. The van der Waals surface area contributed by atoms with Gasteiger partial charge in [0.15, 0.2) is 0 Å². The first kappa shape index (κ1) is 15.5. The highest BCUT2D eigenvalue weighted by molar-refractivity contribution is 7.40. The van der Waals surface area contributed by atoms with E-state index in [1.165, 1.54) is 22.7 Å². The second-order valence-corrected chi connectivity index (χ2v) is 7.07. The van der Waals surface area contributed by atoms with Crippen molar-refractivity contribution in [3.63, 3.8) is 0 Å². The van der Waals surface area contributed by atoms with E-state index in [-0.39, 0.29) is 18.1 Å². The van der Waals surface area contributed by atoms with Crippen LogP contribution < -0.4 is 11.5 Å². The lowest BCUT2D eigenvalue weighted by molar-refractivity contribution is 0.0533. The lowest BCUT2D eigenvalue weighted by Gasteiger charge is -2.02. The van der Waals surface area contributed by atoms with Gasteiger partial charge in [0.2, 0.25) is 5.78 Å². The van der Waals surface area contributed by atoms with Crippen LogP contribution in [0.15, 0.2) is 30.3 Å². The van der Waals surface area contributed by atoms with Gasteiger partial charge in [-0.2, -0.15) is 0 Å². The quantitative estimate of drug-likeness (QED) is 0.556. The maximum absolute atomic E-state index is 12.6. The number of ether oxygens (including phenoxy) is 1. The van der Waals surface area contributed by atoms with Crippen LogP contribution in [-0.4, -0.2) is 18.4 Å². The molecule has 0 bridgehead atoms. The van der Waals surface area contributed by atoms with Gasteiger partial charge >= 0.3 is 5.97 Å². The van der Waals surface area contributed by atoms with Crippen LogP contribution >= 0.6 is 22.7 Å². The first-order chi connectivity index (χ1) is 11.0. The molecule has 0 amide bonds. The Morgan fingerprint density at radius 1 is 1.04 bits per heavy atom. The zero-order valence-electron chi connectivity index (χ0n) is 12.3. The van der Waals surface area contributed by atoms with Crippen molar-refractivity contribution in [3.8, 4) is 0 Å². The van der Waals surface area contributed by atoms with Crippen molar-refractivity contribution < 1.29 is 14.3 Å². The number of rotatable bonds is 4. The van der Waals surface area contributed by atoms with E-state index in [4.69, 9.17) is 16.2 Å². The summed E-state index contributed by atoms with van der Waals surface area (Å²) in [5.41, 5.74) is 13.3. The Kier molecular flexibility index (Phi) is 4.06. The fourth-order valence-corrected chi connectivity index (χ4v) is 4.71. The largest absolute Gasteiger partial charge is 0.462 e. The predicted molar refractivity (Wildman–Crippen MR) is 94.4 cm³/mol. The first-order valence-corrected chi connectivity index (χ1v) is 8.55. The lowest BCUT2D eigenvalue weighted by Crippen LogP contribution is -2.05. The van der Waals surface area contributed by atoms with E-state index in [9.17, 15) is 9.59 Å². The van der Waals surface area contributed by atoms with Gasteiger partial charge in [0.25, 0.3) is 0 Å². The molecule has 0 atom stereocenters. The fourth-order valence-electron chi connectivity index (χ4n) is 2.25. The van der Waals surface area contributed by atoms with Crippen LogP contribution in [0, 0.1) is 0 Å².